The molecule has 80 valence electrons. The molecule has 0 spiro atoms. The number of ether oxygens (including phenoxy) is 1. The van der Waals surface area contributed by atoms with Crippen LogP contribution in [0.5, 0.6) is 0 Å². The van der Waals surface area contributed by atoms with Gasteiger partial charge in [-0.1, -0.05) is 19.1 Å². The van der Waals surface area contributed by atoms with Gasteiger partial charge in [0.2, 0.25) is 0 Å². The number of carboxylic acids is 1. The summed E-state index contributed by atoms with van der Waals surface area (Å²) in [5, 5.41) is 8.90. The summed E-state index contributed by atoms with van der Waals surface area (Å²) < 4.78 is 5.60. The highest BCUT2D eigenvalue weighted by molar-refractivity contribution is 5.87. The molecule has 1 aromatic rings. The van der Waals surface area contributed by atoms with Crippen molar-refractivity contribution in [2.24, 2.45) is 0 Å². The first-order valence-corrected chi connectivity index (χ1v) is 5.16. The molecule has 1 unspecified atom stereocenters. The summed E-state index contributed by atoms with van der Waals surface area (Å²) in [6.45, 7) is 2.83. The zero-order chi connectivity index (χ0) is 10.9. The van der Waals surface area contributed by atoms with E-state index >= 15 is 0 Å². The van der Waals surface area contributed by atoms with Crippen LogP contribution in [-0.2, 0) is 10.3 Å². The molecule has 1 aliphatic rings. The van der Waals surface area contributed by atoms with Crippen LogP contribution in [0.3, 0.4) is 0 Å². The van der Waals surface area contributed by atoms with Crippen LogP contribution in [0.15, 0.2) is 24.3 Å². The maximum absolute atomic E-state index is 10.8. The van der Waals surface area contributed by atoms with Crippen molar-refractivity contribution in [1.29, 1.82) is 0 Å². The maximum Gasteiger partial charge on any atom is 0.335 e. The average Bonchev–Trinajstić information content (AvgIpc) is 2.17. The van der Waals surface area contributed by atoms with E-state index in [2.05, 4.69) is 6.92 Å². The third-order valence-electron chi connectivity index (χ3n) is 3.09. The quantitative estimate of drug-likeness (QED) is 0.826. The van der Waals surface area contributed by atoms with Crippen molar-refractivity contribution in [2.75, 3.05) is 6.61 Å². The van der Waals surface area contributed by atoms with Gasteiger partial charge in [0.1, 0.15) is 0 Å². The molecule has 1 aliphatic heterocycles. The van der Waals surface area contributed by atoms with Crippen molar-refractivity contribution in [2.45, 2.75) is 25.4 Å². The van der Waals surface area contributed by atoms with Gasteiger partial charge in [0.05, 0.1) is 17.8 Å². The fourth-order valence-electron chi connectivity index (χ4n) is 1.99. The van der Waals surface area contributed by atoms with Gasteiger partial charge < -0.3 is 9.84 Å². The van der Waals surface area contributed by atoms with Crippen LogP contribution in [-0.4, -0.2) is 17.7 Å². The van der Waals surface area contributed by atoms with Crippen LogP contribution in [0.2, 0.25) is 0 Å². The van der Waals surface area contributed by atoms with Gasteiger partial charge in [0.15, 0.2) is 0 Å². The average molecular weight is 206 g/mol. The van der Waals surface area contributed by atoms with Crippen LogP contribution in [0.4, 0.5) is 0 Å². The highest BCUT2D eigenvalue weighted by atomic mass is 16.5. The van der Waals surface area contributed by atoms with E-state index in [4.69, 9.17) is 9.84 Å². The summed E-state index contributed by atoms with van der Waals surface area (Å²) in [7, 11) is 0. The topological polar surface area (TPSA) is 46.5 Å². The lowest BCUT2D eigenvalue weighted by atomic mass is 9.83. The molecule has 0 amide bonds. The lowest BCUT2D eigenvalue weighted by Crippen LogP contribution is -2.40. The third-order valence-corrected chi connectivity index (χ3v) is 3.09. The lowest BCUT2D eigenvalue weighted by molar-refractivity contribution is -0.156. The number of aromatic carboxylic acids is 1. The third kappa shape index (κ3) is 1.63. The summed E-state index contributed by atoms with van der Waals surface area (Å²) in [4.78, 5) is 10.8. The van der Waals surface area contributed by atoms with Crippen molar-refractivity contribution >= 4 is 5.97 Å². The number of hydrogen-bond acceptors (Lipinski definition) is 2. The Morgan fingerprint density at radius 3 is 2.80 bits per heavy atom. The van der Waals surface area contributed by atoms with Crippen molar-refractivity contribution < 1.29 is 14.6 Å². The first kappa shape index (κ1) is 10.2. The molecule has 3 heteroatoms. The van der Waals surface area contributed by atoms with Gasteiger partial charge in [-0.25, -0.2) is 4.79 Å². The predicted octanol–water partition coefficient (Wildman–Crippen LogP) is 2.41. The number of hydrogen-bond donors (Lipinski definition) is 1. The van der Waals surface area contributed by atoms with Gasteiger partial charge in [0.25, 0.3) is 0 Å². The van der Waals surface area contributed by atoms with E-state index in [-0.39, 0.29) is 5.60 Å². The smallest absolute Gasteiger partial charge is 0.335 e. The molecule has 1 N–H and O–H groups in total. The molecule has 0 aromatic heterocycles. The van der Waals surface area contributed by atoms with Crippen LogP contribution < -0.4 is 0 Å². The van der Waals surface area contributed by atoms with Gasteiger partial charge in [-0.05, 0) is 24.1 Å². The molecule has 15 heavy (non-hydrogen) atoms. The van der Waals surface area contributed by atoms with Gasteiger partial charge in [-0.15, -0.1) is 0 Å². The Kier molecular flexibility index (Phi) is 2.49. The van der Waals surface area contributed by atoms with Gasteiger partial charge in [-0.3, -0.25) is 0 Å². The summed E-state index contributed by atoms with van der Waals surface area (Å²) in [6, 6.07) is 7.03. The van der Waals surface area contributed by atoms with Gasteiger partial charge in [-0.2, -0.15) is 0 Å². The van der Waals surface area contributed by atoms with E-state index in [1.165, 1.54) is 0 Å². The molecule has 0 radical (unpaired) electrons. The van der Waals surface area contributed by atoms with Crippen LogP contribution >= 0.6 is 0 Å². The standard InChI is InChI=1S/C12H14O3/c1-2-12(6-7-15-12)10-5-3-4-9(8-10)11(13)14/h3-5,8H,2,6-7H2,1H3,(H,13,14). The molecule has 1 fully saturated rings. The van der Waals surface area contributed by atoms with Gasteiger partial charge in [0, 0.05) is 6.42 Å². The zero-order valence-corrected chi connectivity index (χ0v) is 8.69. The molecule has 1 heterocycles. The largest absolute Gasteiger partial charge is 0.478 e. The van der Waals surface area contributed by atoms with Crippen molar-refractivity contribution in [3.05, 3.63) is 35.4 Å². The Balaban J connectivity index is 2.35. The summed E-state index contributed by atoms with van der Waals surface area (Å²) >= 11 is 0. The van der Waals surface area contributed by atoms with Crippen LogP contribution in [0.1, 0.15) is 35.7 Å². The number of carboxylic acid groups (broad SMARTS) is 1. The monoisotopic (exact) mass is 206 g/mol. The molecule has 1 saturated heterocycles. The van der Waals surface area contributed by atoms with Crippen molar-refractivity contribution in [3.63, 3.8) is 0 Å². The minimum Gasteiger partial charge on any atom is -0.478 e. The van der Waals surface area contributed by atoms with Crippen molar-refractivity contribution in [1.82, 2.24) is 0 Å². The predicted molar refractivity (Wildman–Crippen MR) is 55.9 cm³/mol. The van der Waals surface area contributed by atoms with E-state index in [1.54, 1.807) is 18.2 Å². The number of carbonyl (C=O) groups is 1. The van der Waals surface area contributed by atoms with E-state index in [1.807, 2.05) is 6.07 Å². The first-order chi connectivity index (χ1) is 7.18. The first-order valence-electron chi connectivity index (χ1n) is 5.16. The number of rotatable bonds is 3. The SMILES string of the molecule is CCC1(c2cccc(C(=O)O)c2)CCO1. The van der Waals surface area contributed by atoms with Crippen LogP contribution in [0.25, 0.3) is 0 Å². The molecule has 1 aromatic carbocycles. The van der Waals surface area contributed by atoms with E-state index in [9.17, 15) is 4.79 Å². The van der Waals surface area contributed by atoms with E-state index < -0.39 is 5.97 Å². The minimum absolute atomic E-state index is 0.231. The molecule has 0 bridgehead atoms. The Morgan fingerprint density at radius 1 is 1.60 bits per heavy atom. The fraction of sp³-hybridized carbons (Fsp3) is 0.417. The fourth-order valence-corrected chi connectivity index (χ4v) is 1.99. The Labute approximate surface area is 88.7 Å². The summed E-state index contributed by atoms with van der Waals surface area (Å²) in [5.74, 6) is -0.887. The summed E-state index contributed by atoms with van der Waals surface area (Å²) in [5.41, 5.74) is 1.08. The Bertz CT molecular complexity index is 375. The van der Waals surface area contributed by atoms with Gasteiger partial charge >= 0.3 is 5.97 Å². The highest BCUT2D eigenvalue weighted by Gasteiger charge is 2.38. The molecule has 0 saturated carbocycles. The molecule has 0 aliphatic carbocycles. The normalized spacial score (nSPS) is 24.6. The molecular formula is C12H14O3. The highest BCUT2D eigenvalue weighted by Crippen LogP contribution is 2.40. The molecule has 3 nitrogen and oxygen atoms in total. The Morgan fingerprint density at radius 2 is 2.33 bits per heavy atom. The second kappa shape index (κ2) is 3.66. The molecule has 1 atom stereocenters. The Hall–Kier alpha value is -1.35. The van der Waals surface area contributed by atoms with E-state index in [0.29, 0.717) is 5.56 Å². The van der Waals surface area contributed by atoms with Crippen molar-refractivity contribution in [3.8, 4) is 0 Å². The van der Waals surface area contributed by atoms with Crippen LogP contribution in [0, 0.1) is 0 Å². The second-order valence-corrected chi connectivity index (χ2v) is 3.83. The maximum atomic E-state index is 10.8. The van der Waals surface area contributed by atoms with E-state index in [0.717, 1.165) is 25.0 Å². The molecule has 2 rings (SSSR count). The minimum atomic E-state index is -0.887. The second-order valence-electron chi connectivity index (χ2n) is 3.83. The lowest BCUT2D eigenvalue weighted by Gasteiger charge is -2.42. The number of benzene rings is 1. The molecular weight excluding hydrogens is 192 g/mol. The zero-order valence-electron chi connectivity index (χ0n) is 8.69. The summed E-state index contributed by atoms with van der Waals surface area (Å²) in [6.07, 6.45) is 1.86.